The third kappa shape index (κ3) is 8.62. The standard InChI is InChI=1S/C27H31F2N7O2.C2HF3O2/c1-15(2)32-25(37)17-9-10-18(16(3)13-17)22-19-14-31-27(38)36(23-20(28)7-6-8-21(23)29)24(19)34-26(33-22)30-11-12-35(4)5;3-2(4,5)1(6)7/h6-10,13,15H,11-12,14H2,1-5H3,(H,31,38)(H,32,37)(H,30,33,34);(H,6,7). The zero-order chi connectivity index (χ0) is 33.6. The average molecular weight is 638 g/mol. The normalized spacial score (nSPS) is 12.7. The molecule has 1 aliphatic rings. The van der Waals surface area contributed by atoms with E-state index >= 15 is 0 Å². The predicted molar refractivity (Wildman–Crippen MR) is 156 cm³/mol. The topological polar surface area (TPSA) is 140 Å². The van der Waals surface area contributed by atoms with Crippen LogP contribution < -0.4 is 20.9 Å². The molecule has 4 N–H and O–H groups in total. The largest absolute Gasteiger partial charge is 0.490 e. The number of benzene rings is 2. The van der Waals surface area contributed by atoms with Gasteiger partial charge in [-0.2, -0.15) is 18.2 Å². The van der Waals surface area contributed by atoms with Crippen LogP contribution in [0.15, 0.2) is 36.4 Å². The SMILES string of the molecule is Cc1cc(C(=O)NC(C)C)ccc1-c1nc(NCCN(C)C)nc2c1CNC(=O)N2c1c(F)cccc1F.O=C(O)C(F)(F)F. The monoisotopic (exact) mass is 637 g/mol. The molecule has 1 aromatic heterocycles. The molecule has 45 heavy (non-hydrogen) atoms. The lowest BCUT2D eigenvalue weighted by molar-refractivity contribution is -0.192. The van der Waals surface area contributed by atoms with Gasteiger partial charge in [0.05, 0.1) is 12.2 Å². The van der Waals surface area contributed by atoms with Crippen LogP contribution in [0.2, 0.25) is 0 Å². The van der Waals surface area contributed by atoms with Crippen LogP contribution >= 0.6 is 0 Å². The second kappa shape index (κ2) is 14.3. The lowest BCUT2D eigenvalue weighted by Gasteiger charge is -2.31. The maximum atomic E-state index is 14.8. The minimum absolute atomic E-state index is 0.0134. The molecular weight excluding hydrogens is 605 g/mol. The van der Waals surface area contributed by atoms with E-state index in [-0.39, 0.29) is 30.3 Å². The number of amides is 3. The number of para-hydroxylation sites is 1. The molecule has 2 aromatic carbocycles. The Hall–Kier alpha value is -4.86. The number of anilines is 3. The number of aromatic nitrogens is 2. The highest BCUT2D eigenvalue weighted by Gasteiger charge is 2.38. The molecule has 3 aromatic rings. The first kappa shape index (κ1) is 34.6. The van der Waals surface area contributed by atoms with E-state index in [1.54, 1.807) is 18.2 Å². The van der Waals surface area contributed by atoms with Crippen LogP contribution in [-0.4, -0.2) is 77.3 Å². The molecule has 0 aliphatic carbocycles. The van der Waals surface area contributed by atoms with E-state index in [2.05, 4.69) is 20.9 Å². The molecule has 16 heteroatoms. The summed E-state index contributed by atoms with van der Waals surface area (Å²) in [5.74, 6) is -4.46. The number of carbonyl (C=O) groups is 3. The summed E-state index contributed by atoms with van der Waals surface area (Å²) in [6.07, 6.45) is -5.08. The van der Waals surface area contributed by atoms with Crippen LogP contribution in [0, 0.1) is 18.6 Å². The molecule has 4 rings (SSSR count). The Kier molecular flexibility index (Phi) is 11.0. The average Bonchev–Trinajstić information content (AvgIpc) is 2.93. The molecule has 0 saturated heterocycles. The summed E-state index contributed by atoms with van der Waals surface area (Å²) < 4.78 is 61.4. The van der Waals surface area contributed by atoms with Gasteiger partial charge in [-0.05, 0) is 64.7 Å². The number of aliphatic carboxylic acids is 1. The van der Waals surface area contributed by atoms with Gasteiger partial charge in [-0.1, -0.05) is 12.1 Å². The summed E-state index contributed by atoms with van der Waals surface area (Å²) in [6.45, 7) is 6.86. The Morgan fingerprint density at radius 2 is 1.73 bits per heavy atom. The summed E-state index contributed by atoms with van der Waals surface area (Å²) >= 11 is 0. The van der Waals surface area contributed by atoms with Gasteiger partial charge in [0.15, 0.2) is 5.82 Å². The van der Waals surface area contributed by atoms with Gasteiger partial charge in [-0.15, -0.1) is 0 Å². The van der Waals surface area contributed by atoms with Crippen molar-refractivity contribution >= 4 is 35.4 Å². The number of aryl methyl sites for hydroxylation is 1. The van der Waals surface area contributed by atoms with Gasteiger partial charge in [-0.25, -0.2) is 28.3 Å². The molecule has 0 radical (unpaired) electrons. The minimum Gasteiger partial charge on any atom is -0.475 e. The number of carboxylic acids is 1. The van der Waals surface area contributed by atoms with Gasteiger partial charge in [0.2, 0.25) is 5.95 Å². The van der Waals surface area contributed by atoms with Crippen molar-refractivity contribution in [1.82, 2.24) is 25.5 Å². The number of carbonyl (C=O) groups excluding carboxylic acids is 2. The van der Waals surface area contributed by atoms with Crippen LogP contribution in [0.3, 0.4) is 0 Å². The zero-order valence-corrected chi connectivity index (χ0v) is 25.0. The number of rotatable bonds is 8. The molecule has 0 atom stereocenters. The van der Waals surface area contributed by atoms with Crippen molar-refractivity contribution in [2.45, 2.75) is 39.5 Å². The summed E-state index contributed by atoms with van der Waals surface area (Å²) in [4.78, 5) is 46.5. The fraction of sp³-hybridized carbons (Fsp3) is 0.345. The Morgan fingerprint density at radius 3 is 2.27 bits per heavy atom. The first-order valence-electron chi connectivity index (χ1n) is 13.5. The van der Waals surface area contributed by atoms with Crippen molar-refractivity contribution in [3.05, 3.63) is 64.7 Å². The van der Waals surface area contributed by atoms with E-state index in [0.29, 0.717) is 35.5 Å². The van der Waals surface area contributed by atoms with E-state index in [1.807, 2.05) is 39.8 Å². The maximum absolute atomic E-state index is 14.8. The fourth-order valence-corrected chi connectivity index (χ4v) is 4.18. The predicted octanol–water partition coefficient (Wildman–Crippen LogP) is 4.84. The van der Waals surface area contributed by atoms with Gasteiger partial charge < -0.3 is 26.0 Å². The van der Waals surface area contributed by atoms with Crippen molar-refractivity contribution in [2.75, 3.05) is 37.4 Å². The smallest absolute Gasteiger partial charge is 0.475 e. The van der Waals surface area contributed by atoms with Crippen molar-refractivity contribution < 1.29 is 41.4 Å². The highest BCUT2D eigenvalue weighted by atomic mass is 19.4. The number of hydrogen-bond acceptors (Lipinski definition) is 7. The third-order valence-electron chi connectivity index (χ3n) is 6.23. The van der Waals surface area contributed by atoms with Crippen molar-refractivity contribution in [3.63, 3.8) is 0 Å². The van der Waals surface area contributed by atoms with Gasteiger partial charge in [0.25, 0.3) is 5.91 Å². The van der Waals surface area contributed by atoms with E-state index in [0.717, 1.165) is 22.6 Å². The van der Waals surface area contributed by atoms with Crippen molar-refractivity contribution in [2.24, 2.45) is 0 Å². The number of halogens is 5. The maximum Gasteiger partial charge on any atom is 0.490 e. The molecule has 11 nitrogen and oxygen atoms in total. The second-order valence-electron chi connectivity index (χ2n) is 10.5. The number of fused-ring (bicyclic) bond motifs is 1. The van der Waals surface area contributed by atoms with Gasteiger partial charge in [0.1, 0.15) is 17.3 Å². The third-order valence-corrected chi connectivity index (χ3v) is 6.23. The molecule has 2 heterocycles. The van der Waals surface area contributed by atoms with Gasteiger partial charge in [-0.3, -0.25) is 4.79 Å². The molecule has 0 fully saturated rings. The van der Waals surface area contributed by atoms with E-state index in [4.69, 9.17) is 14.9 Å². The molecule has 0 unspecified atom stereocenters. The number of likely N-dealkylation sites (N-methyl/N-ethyl adjacent to an activating group) is 1. The number of hydrogen-bond donors (Lipinski definition) is 4. The molecule has 1 aliphatic heterocycles. The van der Waals surface area contributed by atoms with Gasteiger partial charge >= 0.3 is 18.2 Å². The van der Waals surface area contributed by atoms with Crippen molar-refractivity contribution in [1.29, 1.82) is 0 Å². The Bertz CT molecular complexity index is 1560. The number of carboxylic acid groups (broad SMARTS) is 1. The first-order valence-corrected chi connectivity index (χ1v) is 13.5. The molecule has 0 spiro atoms. The van der Waals surface area contributed by atoms with E-state index in [9.17, 15) is 31.5 Å². The zero-order valence-electron chi connectivity index (χ0n) is 25.0. The lowest BCUT2D eigenvalue weighted by Crippen LogP contribution is -2.43. The van der Waals surface area contributed by atoms with E-state index in [1.165, 1.54) is 6.07 Å². The highest BCUT2D eigenvalue weighted by molar-refractivity contribution is 6.02. The fourth-order valence-electron chi connectivity index (χ4n) is 4.18. The van der Waals surface area contributed by atoms with Gasteiger partial charge in [0, 0.05) is 35.8 Å². The minimum atomic E-state index is -5.08. The van der Waals surface area contributed by atoms with Crippen LogP contribution in [0.1, 0.15) is 35.3 Å². The summed E-state index contributed by atoms with van der Waals surface area (Å²) in [5.41, 5.74) is 2.42. The van der Waals surface area contributed by atoms with Crippen molar-refractivity contribution in [3.8, 4) is 11.3 Å². The quantitative estimate of drug-likeness (QED) is 0.258. The van der Waals surface area contributed by atoms with E-state index < -0.39 is 35.5 Å². The molecule has 3 amide bonds. The molecular formula is C29H32F5N7O4. The Morgan fingerprint density at radius 1 is 1.11 bits per heavy atom. The highest BCUT2D eigenvalue weighted by Crippen LogP contribution is 2.39. The number of nitrogens with zero attached hydrogens (tertiary/aromatic N) is 4. The number of nitrogens with one attached hydrogen (secondary N) is 3. The lowest BCUT2D eigenvalue weighted by atomic mass is 9.98. The number of urea groups is 1. The Balaban J connectivity index is 0.000000707. The van der Waals surface area contributed by atoms with Crippen LogP contribution in [0.5, 0.6) is 0 Å². The van der Waals surface area contributed by atoms with Crippen LogP contribution in [0.4, 0.5) is 44.2 Å². The number of alkyl halides is 3. The molecule has 0 saturated carbocycles. The summed E-state index contributed by atoms with van der Waals surface area (Å²) in [7, 11) is 3.85. The first-order chi connectivity index (χ1) is 21.0. The summed E-state index contributed by atoms with van der Waals surface area (Å²) in [6, 6.07) is 7.92. The van der Waals surface area contributed by atoms with Crippen LogP contribution in [-0.2, 0) is 11.3 Å². The second-order valence-corrected chi connectivity index (χ2v) is 10.5. The molecule has 0 bridgehead atoms. The Labute approximate surface area is 255 Å². The van der Waals surface area contributed by atoms with Crippen LogP contribution in [0.25, 0.3) is 11.3 Å². The summed E-state index contributed by atoms with van der Waals surface area (Å²) in [5, 5.41) is 15.8. The molecule has 242 valence electrons.